The maximum absolute atomic E-state index is 12.1. The summed E-state index contributed by atoms with van der Waals surface area (Å²) in [6, 6.07) is 4.13. The van der Waals surface area contributed by atoms with Gasteiger partial charge in [0, 0.05) is 18.3 Å². The highest BCUT2D eigenvalue weighted by molar-refractivity contribution is 5.96. The lowest BCUT2D eigenvalue weighted by Crippen LogP contribution is -2.46. The third-order valence-corrected chi connectivity index (χ3v) is 3.17. The topological polar surface area (TPSA) is 63.2 Å². The average molecular weight is 249 g/mol. The highest BCUT2D eigenvalue weighted by Gasteiger charge is 2.22. The van der Waals surface area contributed by atoms with Gasteiger partial charge in [0.2, 0.25) is 5.88 Å². The lowest BCUT2D eigenvalue weighted by molar-refractivity contribution is 0.0922. The van der Waals surface area contributed by atoms with Gasteiger partial charge in [0.05, 0.1) is 7.11 Å². The number of carbonyl (C=O) groups is 1. The predicted molar refractivity (Wildman–Crippen MR) is 68.7 cm³/mol. The Labute approximate surface area is 107 Å². The lowest BCUT2D eigenvalue weighted by Gasteiger charge is -2.28. The Hall–Kier alpha value is -1.62. The number of methoxy groups -OCH3 is 1. The van der Waals surface area contributed by atoms with Crippen molar-refractivity contribution in [1.29, 1.82) is 0 Å². The van der Waals surface area contributed by atoms with E-state index in [-0.39, 0.29) is 11.9 Å². The molecule has 98 valence electrons. The van der Waals surface area contributed by atoms with Crippen LogP contribution >= 0.6 is 0 Å². The molecule has 1 aromatic heterocycles. The second-order valence-corrected chi connectivity index (χ2v) is 4.61. The number of amides is 1. The molecule has 2 unspecified atom stereocenters. The molecule has 1 aromatic rings. The molecule has 0 bridgehead atoms. The van der Waals surface area contributed by atoms with E-state index < -0.39 is 0 Å². The van der Waals surface area contributed by atoms with E-state index in [9.17, 15) is 4.79 Å². The number of hydrogen-bond acceptors (Lipinski definition) is 4. The second-order valence-electron chi connectivity index (χ2n) is 4.61. The summed E-state index contributed by atoms with van der Waals surface area (Å²) in [6.45, 7) is 3.07. The molecule has 2 heterocycles. The van der Waals surface area contributed by atoms with Gasteiger partial charge in [-0.1, -0.05) is 0 Å². The van der Waals surface area contributed by atoms with Crippen LogP contribution in [-0.2, 0) is 0 Å². The van der Waals surface area contributed by atoms with Crippen LogP contribution in [0.3, 0.4) is 0 Å². The number of pyridine rings is 1. The number of piperidine rings is 1. The molecule has 1 fully saturated rings. The molecule has 18 heavy (non-hydrogen) atoms. The van der Waals surface area contributed by atoms with E-state index in [4.69, 9.17) is 4.74 Å². The van der Waals surface area contributed by atoms with Crippen molar-refractivity contribution in [2.45, 2.75) is 31.8 Å². The summed E-state index contributed by atoms with van der Waals surface area (Å²) in [4.78, 5) is 16.2. The van der Waals surface area contributed by atoms with Crippen molar-refractivity contribution in [1.82, 2.24) is 15.6 Å². The molecular formula is C13H19N3O2. The first-order valence-electron chi connectivity index (χ1n) is 6.24. The van der Waals surface area contributed by atoms with Crippen LogP contribution in [0.15, 0.2) is 18.3 Å². The molecule has 0 aromatic carbocycles. The van der Waals surface area contributed by atoms with Crippen molar-refractivity contribution >= 4 is 5.91 Å². The number of ether oxygens (including phenoxy) is 1. The van der Waals surface area contributed by atoms with Gasteiger partial charge in [0.1, 0.15) is 5.56 Å². The minimum Gasteiger partial charge on any atom is -0.480 e. The summed E-state index contributed by atoms with van der Waals surface area (Å²) in [6.07, 6.45) is 3.52. The van der Waals surface area contributed by atoms with Crippen molar-refractivity contribution in [2.24, 2.45) is 0 Å². The highest BCUT2D eigenvalue weighted by Crippen LogP contribution is 2.15. The number of hydrogen-bond donors (Lipinski definition) is 2. The maximum Gasteiger partial charge on any atom is 0.256 e. The number of nitrogens with zero attached hydrogens (tertiary/aromatic N) is 1. The molecule has 0 spiro atoms. The fraction of sp³-hybridized carbons (Fsp3) is 0.538. The van der Waals surface area contributed by atoms with Gasteiger partial charge in [-0.25, -0.2) is 4.98 Å². The first-order chi connectivity index (χ1) is 8.70. The Morgan fingerprint density at radius 2 is 2.44 bits per heavy atom. The van der Waals surface area contributed by atoms with Gasteiger partial charge in [-0.3, -0.25) is 4.79 Å². The van der Waals surface area contributed by atoms with Crippen LogP contribution in [0.2, 0.25) is 0 Å². The Balaban J connectivity index is 2.03. The van der Waals surface area contributed by atoms with Crippen LogP contribution in [0.4, 0.5) is 0 Å². The predicted octanol–water partition coefficient (Wildman–Crippen LogP) is 0.960. The Kier molecular flexibility index (Phi) is 4.15. The number of rotatable bonds is 3. The van der Waals surface area contributed by atoms with Crippen molar-refractivity contribution < 1.29 is 9.53 Å². The fourth-order valence-electron chi connectivity index (χ4n) is 2.25. The largest absolute Gasteiger partial charge is 0.480 e. The van der Waals surface area contributed by atoms with Crippen LogP contribution in [0.1, 0.15) is 30.1 Å². The molecule has 0 saturated carbocycles. The van der Waals surface area contributed by atoms with Crippen LogP contribution in [0.25, 0.3) is 0 Å². The summed E-state index contributed by atoms with van der Waals surface area (Å²) in [7, 11) is 1.52. The molecule has 1 aliphatic heterocycles. The summed E-state index contributed by atoms with van der Waals surface area (Å²) < 4.78 is 5.09. The van der Waals surface area contributed by atoms with E-state index in [1.165, 1.54) is 7.11 Å². The molecule has 0 aliphatic carbocycles. The quantitative estimate of drug-likeness (QED) is 0.837. The van der Waals surface area contributed by atoms with E-state index in [0.29, 0.717) is 17.5 Å². The Bertz CT molecular complexity index is 422. The molecule has 2 N–H and O–H groups in total. The van der Waals surface area contributed by atoms with E-state index in [0.717, 1.165) is 19.4 Å². The number of carbonyl (C=O) groups excluding carboxylic acids is 1. The number of aromatic nitrogens is 1. The highest BCUT2D eigenvalue weighted by atomic mass is 16.5. The third-order valence-electron chi connectivity index (χ3n) is 3.17. The van der Waals surface area contributed by atoms with Crippen molar-refractivity contribution in [2.75, 3.05) is 13.7 Å². The van der Waals surface area contributed by atoms with E-state index in [1.807, 2.05) is 0 Å². The third kappa shape index (κ3) is 2.98. The van der Waals surface area contributed by atoms with Crippen LogP contribution < -0.4 is 15.4 Å². The molecule has 5 heteroatoms. The van der Waals surface area contributed by atoms with Crippen molar-refractivity contribution in [3.8, 4) is 5.88 Å². The van der Waals surface area contributed by atoms with E-state index in [1.54, 1.807) is 18.3 Å². The molecule has 2 atom stereocenters. The molecule has 2 rings (SSSR count). The molecular weight excluding hydrogens is 230 g/mol. The molecule has 5 nitrogen and oxygen atoms in total. The first kappa shape index (κ1) is 12.8. The Morgan fingerprint density at radius 3 is 3.17 bits per heavy atom. The summed E-state index contributed by atoms with van der Waals surface area (Å²) in [5.41, 5.74) is 0.492. The lowest BCUT2D eigenvalue weighted by atomic mass is 10.0. The zero-order valence-corrected chi connectivity index (χ0v) is 10.8. The summed E-state index contributed by atoms with van der Waals surface area (Å²) in [5, 5.41) is 6.40. The van der Waals surface area contributed by atoms with Gasteiger partial charge in [-0.2, -0.15) is 0 Å². The minimum absolute atomic E-state index is 0.112. The maximum atomic E-state index is 12.1. The van der Waals surface area contributed by atoms with Gasteiger partial charge in [0.25, 0.3) is 5.91 Å². The van der Waals surface area contributed by atoms with E-state index in [2.05, 4.69) is 22.5 Å². The zero-order chi connectivity index (χ0) is 13.0. The summed E-state index contributed by atoms with van der Waals surface area (Å²) in [5.74, 6) is 0.260. The standard InChI is InChI=1S/C13H19N3O2/c1-9-8-10(5-7-14-9)16-12(17)11-4-3-6-15-13(11)18-2/h3-4,6,9-10,14H,5,7-8H2,1-2H3,(H,16,17). The van der Waals surface area contributed by atoms with Crippen molar-refractivity contribution in [3.05, 3.63) is 23.9 Å². The van der Waals surface area contributed by atoms with Gasteiger partial charge >= 0.3 is 0 Å². The first-order valence-corrected chi connectivity index (χ1v) is 6.24. The van der Waals surface area contributed by atoms with Gasteiger partial charge in [-0.05, 0) is 38.4 Å². The van der Waals surface area contributed by atoms with Crippen molar-refractivity contribution in [3.63, 3.8) is 0 Å². The second kappa shape index (κ2) is 5.82. The smallest absolute Gasteiger partial charge is 0.256 e. The van der Waals surface area contributed by atoms with Gasteiger partial charge < -0.3 is 15.4 Å². The Morgan fingerprint density at radius 1 is 1.61 bits per heavy atom. The summed E-state index contributed by atoms with van der Waals surface area (Å²) >= 11 is 0. The normalized spacial score (nSPS) is 23.4. The minimum atomic E-state index is -0.112. The van der Waals surface area contributed by atoms with Crippen LogP contribution in [0.5, 0.6) is 5.88 Å². The zero-order valence-electron chi connectivity index (χ0n) is 10.8. The van der Waals surface area contributed by atoms with Crippen LogP contribution in [-0.4, -0.2) is 36.6 Å². The monoisotopic (exact) mass is 249 g/mol. The number of nitrogens with one attached hydrogen (secondary N) is 2. The van der Waals surface area contributed by atoms with E-state index >= 15 is 0 Å². The molecule has 1 saturated heterocycles. The van der Waals surface area contributed by atoms with Gasteiger partial charge in [0.15, 0.2) is 0 Å². The van der Waals surface area contributed by atoms with Crippen LogP contribution in [0, 0.1) is 0 Å². The molecule has 1 aliphatic rings. The molecule has 0 radical (unpaired) electrons. The SMILES string of the molecule is COc1ncccc1C(=O)NC1CCNC(C)C1. The average Bonchev–Trinajstić information content (AvgIpc) is 2.38. The fourth-order valence-corrected chi connectivity index (χ4v) is 2.25. The molecule has 1 amide bonds. The van der Waals surface area contributed by atoms with Gasteiger partial charge in [-0.15, -0.1) is 0 Å².